The van der Waals surface area contributed by atoms with Gasteiger partial charge >= 0.3 is 0 Å². The van der Waals surface area contributed by atoms with E-state index in [1.165, 1.54) is 0 Å². The summed E-state index contributed by atoms with van der Waals surface area (Å²) in [6.45, 7) is 6.21. The summed E-state index contributed by atoms with van der Waals surface area (Å²) >= 11 is 0. The molecule has 2 N–H and O–H groups in total. The summed E-state index contributed by atoms with van der Waals surface area (Å²) in [5, 5.41) is 7.93. The average Bonchev–Trinajstić information content (AvgIpc) is 3.42. The minimum atomic E-state index is -0.0331. The number of carbonyl (C=O) groups excluding carboxylic acids is 2. The van der Waals surface area contributed by atoms with Gasteiger partial charge in [0.2, 0.25) is 0 Å². The van der Waals surface area contributed by atoms with E-state index in [4.69, 9.17) is 4.74 Å². The second-order valence-electron chi connectivity index (χ2n) is 8.37. The smallest absolute Gasteiger partial charge is 0.254 e. The van der Waals surface area contributed by atoms with Gasteiger partial charge in [0.15, 0.2) is 5.78 Å². The van der Waals surface area contributed by atoms with Gasteiger partial charge in [0.05, 0.1) is 13.2 Å². The van der Waals surface area contributed by atoms with Gasteiger partial charge in [-0.1, -0.05) is 12.1 Å². The Kier molecular flexibility index (Phi) is 5.51. The number of pyridine rings is 1. The summed E-state index contributed by atoms with van der Waals surface area (Å²) in [6, 6.07) is 11.6. The van der Waals surface area contributed by atoms with Gasteiger partial charge in [-0.2, -0.15) is 5.10 Å². The second-order valence-corrected chi connectivity index (χ2v) is 8.37. The van der Waals surface area contributed by atoms with Crippen LogP contribution in [0.4, 0.5) is 0 Å². The lowest BCUT2D eigenvalue weighted by molar-refractivity contribution is 0.0303. The number of morpholine rings is 1. The Bertz CT molecular complexity index is 1330. The predicted octanol–water partition coefficient (Wildman–Crippen LogP) is 3.47. The summed E-state index contributed by atoms with van der Waals surface area (Å²) in [5.41, 5.74) is 6.39. The minimum absolute atomic E-state index is 0.0276. The summed E-state index contributed by atoms with van der Waals surface area (Å²) in [7, 11) is 0. The second kappa shape index (κ2) is 8.63. The van der Waals surface area contributed by atoms with Crippen LogP contribution in [-0.2, 0) is 11.2 Å². The van der Waals surface area contributed by atoms with Gasteiger partial charge in [0.25, 0.3) is 5.91 Å². The molecule has 0 radical (unpaired) electrons. The molecule has 8 nitrogen and oxygen atoms in total. The van der Waals surface area contributed by atoms with Crippen LogP contribution in [-0.4, -0.2) is 63.1 Å². The molecule has 4 aromatic rings. The number of ketones is 1. The van der Waals surface area contributed by atoms with Gasteiger partial charge in [-0.25, -0.2) is 4.98 Å². The van der Waals surface area contributed by atoms with Gasteiger partial charge in [0, 0.05) is 53.6 Å². The minimum Gasteiger partial charge on any atom is -0.378 e. The highest BCUT2D eigenvalue weighted by Gasteiger charge is 2.19. The number of aryl methyl sites for hydroxylation is 1. The van der Waals surface area contributed by atoms with Gasteiger partial charge in [-0.15, -0.1) is 0 Å². The Morgan fingerprint density at radius 2 is 1.85 bits per heavy atom. The lowest BCUT2D eigenvalue weighted by atomic mass is 10.0. The average molecular weight is 444 g/mol. The van der Waals surface area contributed by atoms with Crippen LogP contribution in [0.15, 0.2) is 42.6 Å². The fraction of sp³-hybridized carbons (Fsp3) is 0.280. The van der Waals surface area contributed by atoms with E-state index in [0.29, 0.717) is 37.6 Å². The molecule has 0 spiro atoms. The molecule has 4 heterocycles. The highest BCUT2D eigenvalue weighted by Crippen LogP contribution is 2.25. The number of carbonyl (C=O) groups is 2. The number of ether oxygens (including phenoxy) is 1. The molecular formula is C25H25N5O3. The van der Waals surface area contributed by atoms with Gasteiger partial charge < -0.3 is 14.6 Å². The van der Waals surface area contributed by atoms with E-state index in [0.717, 1.165) is 39.1 Å². The van der Waals surface area contributed by atoms with Crippen molar-refractivity contribution in [3.8, 4) is 11.3 Å². The SMILES string of the molecule is Cc1[nH]nc(C(=O)Cc2cnc3[nH]c(-c4ccc(C(=O)N5CCOCC5)cc4)cc3c2)c1C. The quantitative estimate of drug-likeness (QED) is 0.460. The number of aromatic nitrogens is 4. The molecule has 1 aromatic carbocycles. The molecule has 5 rings (SSSR count). The Hall–Kier alpha value is -3.78. The van der Waals surface area contributed by atoms with E-state index in [9.17, 15) is 9.59 Å². The van der Waals surface area contributed by atoms with Crippen LogP contribution < -0.4 is 0 Å². The first-order valence-corrected chi connectivity index (χ1v) is 11.0. The van der Waals surface area contributed by atoms with Crippen molar-refractivity contribution in [2.45, 2.75) is 20.3 Å². The summed E-state index contributed by atoms with van der Waals surface area (Å²) in [6.07, 6.45) is 1.96. The molecule has 168 valence electrons. The molecule has 1 aliphatic rings. The number of benzene rings is 1. The number of nitrogens with one attached hydrogen (secondary N) is 2. The van der Waals surface area contributed by atoms with E-state index in [1.807, 2.05) is 55.1 Å². The highest BCUT2D eigenvalue weighted by atomic mass is 16.5. The topological polar surface area (TPSA) is 104 Å². The first-order chi connectivity index (χ1) is 16.0. The van der Waals surface area contributed by atoms with E-state index in [1.54, 1.807) is 6.20 Å². The Balaban J connectivity index is 1.33. The largest absolute Gasteiger partial charge is 0.378 e. The first kappa shape index (κ1) is 21.1. The van der Waals surface area contributed by atoms with Crippen molar-refractivity contribution in [2.24, 2.45) is 0 Å². The maximum atomic E-state index is 12.7. The van der Waals surface area contributed by atoms with Crippen LogP contribution >= 0.6 is 0 Å². The molecule has 33 heavy (non-hydrogen) atoms. The van der Waals surface area contributed by atoms with Crippen LogP contribution in [0, 0.1) is 13.8 Å². The van der Waals surface area contributed by atoms with Gasteiger partial charge in [0.1, 0.15) is 11.3 Å². The number of rotatable bonds is 5. The monoisotopic (exact) mass is 443 g/mol. The van der Waals surface area contributed by atoms with Crippen molar-refractivity contribution in [2.75, 3.05) is 26.3 Å². The molecule has 8 heteroatoms. The van der Waals surface area contributed by atoms with Crippen LogP contribution in [0.1, 0.15) is 37.7 Å². The summed E-state index contributed by atoms with van der Waals surface area (Å²) in [5.74, 6) is -0.00546. The molecule has 1 saturated heterocycles. The van der Waals surface area contributed by atoms with Gasteiger partial charge in [-0.05, 0) is 49.2 Å². The summed E-state index contributed by atoms with van der Waals surface area (Å²) < 4.78 is 5.32. The van der Waals surface area contributed by atoms with Crippen molar-refractivity contribution in [3.63, 3.8) is 0 Å². The third-order valence-electron chi connectivity index (χ3n) is 6.15. The molecule has 0 unspecified atom stereocenters. The highest BCUT2D eigenvalue weighted by molar-refractivity contribution is 5.98. The Morgan fingerprint density at radius 3 is 2.55 bits per heavy atom. The van der Waals surface area contributed by atoms with E-state index in [-0.39, 0.29) is 18.1 Å². The summed E-state index contributed by atoms with van der Waals surface area (Å²) in [4.78, 5) is 35.0. The van der Waals surface area contributed by atoms with Crippen molar-refractivity contribution in [3.05, 3.63) is 70.7 Å². The van der Waals surface area contributed by atoms with Crippen molar-refractivity contribution < 1.29 is 14.3 Å². The lowest BCUT2D eigenvalue weighted by Gasteiger charge is -2.26. The molecule has 1 aliphatic heterocycles. The zero-order valence-corrected chi connectivity index (χ0v) is 18.6. The van der Waals surface area contributed by atoms with Crippen LogP contribution in [0.2, 0.25) is 0 Å². The first-order valence-electron chi connectivity index (χ1n) is 11.0. The normalized spacial score (nSPS) is 14.1. The Labute approximate surface area is 191 Å². The molecule has 0 saturated carbocycles. The molecular weight excluding hydrogens is 418 g/mol. The predicted molar refractivity (Wildman–Crippen MR) is 124 cm³/mol. The van der Waals surface area contributed by atoms with E-state index >= 15 is 0 Å². The molecule has 3 aromatic heterocycles. The molecule has 1 fully saturated rings. The maximum absolute atomic E-state index is 12.7. The molecule has 0 bridgehead atoms. The number of Topliss-reactive ketones (excluding diaryl/α,β-unsaturated/α-hetero) is 1. The van der Waals surface area contributed by atoms with Crippen LogP contribution in [0.3, 0.4) is 0 Å². The number of aromatic amines is 2. The van der Waals surface area contributed by atoms with E-state index in [2.05, 4.69) is 20.2 Å². The lowest BCUT2D eigenvalue weighted by Crippen LogP contribution is -2.40. The number of H-pyrrole nitrogens is 2. The third kappa shape index (κ3) is 4.17. The molecule has 1 amide bonds. The fourth-order valence-electron chi connectivity index (χ4n) is 4.08. The third-order valence-corrected chi connectivity index (χ3v) is 6.15. The van der Waals surface area contributed by atoms with Crippen LogP contribution in [0.5, 0.6) is 0 Å². The standard InChI is InChI=1S/C25H25N5O3/c1-15-16(2)28-29-23(15)22(31)12-17-11-20-13-21(27-24(20)26-14-17)18-3-5-19(6-4-18)25(32)30-7-9-33-10-8-30/h3-6,11,13-14H,7-10,12H2,1-2H3,(H,26,27)(H,28,29). The number of hydrogen-bond donors (Lipinski definition) is 2. The van der Waals surface area contributed by atoms with Crippen molar-refractivity contribution in [1.82, 2.24) is 25.1 Å². The maximum Gasteiger partial charge on any atom is 0.254 e. The number of hydrogen-bond acceptors (Lipinski definition) is 5. The molecule has 0 atom stereocenters. The van der Waals surface area contributed by atoms with Crippen molar-refractivity contribution >= 4 is 22.7 Å². The Morgan fingerprint density at radius 1 is 1.09 bits per heavy atom. The zero-order chi connectivity index (χ0) is 22.9. The number of amides is 1. The number of nitrogens with zero attached hydrogens (tertiary/aromatic N) is 3. The molecule has 0 aliphatic carbocycles. The number of fused-ring (bicyclic) bond motifs is 1. The van der Waals surface area contributed by atoms with Gasteiger partial charge in [-0.3, -0.25) is 14.7 Å². The van der Waals surface area contributed by atoms with Crippen LogP contribution in [0.25, 0.3) is 22.3 Å². The van der Waals surface area contributed by atoms with E-state index < -0.39 is 0 Å². The zero-order valence-electron chi connectivity index (χ0n) is 18.6. The fourth-order valence-corrected chi connectivity index (χ4v) is 4.08. The van der Waals surface area contributed by atoms with Crippen molar-refractivity contribution in [1.29, 1.82) is 0 Å².